The molecule has 0 N–H and O–H groups in total. The van der Waals surface area contributed by atoms with Gasteiger partial charge in [0.05, 0.1) is 13.2 Å². The molecule has 2 rings (SSSR count). The Balaban J connectivity index is 0.00000612. The van der Waals surface area contributed by atoms with Gasteiger partial charge in [-0.05, 0) is 52.5 Å². The summed E-state index contributed by atoms with van der Waals surface area (Å²) in [6.07, 6.45) is 3.87. The van der Waals surface area contributed by atoms with E-state index in [0.717, 1.165) is 12.1 Å². The van der Waals surface area contributed by atoms with E-state index in [9.17, 15) is 4.57 Å². The van der Waals surface area contributed by atoms with E-state index in [2.05, 4.69) is 74.1 Å². The van der Waals surface area contributed by atoms with Gasteiger partial charge in [0.1, 0.15) is 11.9 Å². The number of hydrogen-bond acceptors (Lipinski definition) is 5. The highest BCUT2D eigenvalue weighted by Crippen LogP contribution is 2.61. The predicted octanol–water partition coefficient (Wildman–Crippen LogP) is 3.76. The number of pyridine rings is 1. The van der Waals surface area contributed by atoms with Crippen molar-refractivity contribution in [1.82, 2.24) is 5.06 Å². The summed E-state index contributed by atoms with van der Waals surface area (Å²) in [6.45, 7) is 19.4. The van der Waals surface area contributed by atoms with E-state index >= 15 is 0 Å². The summed E-state index contributed by atoms with van der Waals surface area (Å²) < 4.78 is 27.8. The third-order valence-corrected chi connectivity index (χ3v) is 8.26. The average Bonchev–Trinajstić information content (AvgIpc) is 2.73. The molecule has 0 spiro atoms. The van der Waals surface area contributed by atoms with Gasteiger partial charge in [-0.15, -0.1) is 0 Å². The number of rotatable bonds is 11. The van der Waals surface area contributed by atoms with E-state index in [1.807, 2.05) is 52.7 Å². The van der Waals surface area contributed by atoms with E-state index in [1.54, 1.807) is 0 Å². The quantitative estimate of drug-likeness (QED) is 0.234. The monoisotopic (exact) mass is 570 g/mol. The van der Waals surface area contributed by atoms with Gasteiger partial charge in [0.2, 0.25) is 0 Å². The van der Waals surface area contributed by atoms with Crippen molar-refractivity contribution >= 4 is 7.60 Å². The fraction of sp³-hybridized carbons (Fsp3) is 0.593. The van der Waals surface area contributed by atoms with Gasteiger partial charge in [0.15, 0.2) is 18.9 Å². The molecule has 0 saturated carbocycles. The molecule has 0 amide bonds. The van der Waals surface area contributed by atoms with Crippen molar-refractivity contribution in [1.29, 1.82) is 0 Å². The van der Waals surface area contributed by atoms with E-state index in [1.165, 1.54) is 5.56 Å². The summed E-state index contributed by atoms with van der Waals surface area (Å²) >= 11 is 0. The van der Waals surface area contributed by atoms with Crippen LogP contribution in [0.25, 0.3) is 0 Å². The molecule has 1 heterocycles. The lowest BCUT2D eigenvalue weighted by atomic mass is 9.94. The first kappa shape index (κ1) is 31.9. The molecular weight excluding hydrogens is 527 g/mol. The van der Waals surface area contributed by atoms with Gasteiger partial charge in [-0.2, -0.15) is 5.06 Å². The van der Waals surface area contributed by atoms with Gasteiger partial charge in [-0.25, -0.2) is 4.57 Å². The molecule has 0 aliphatic heterocycles. The van der Waals surface area contributed by atoms with Gasteiger partial charge >= 0.3 is 7.60 Å². The minimum absolute atomic E-state index is 0. The highest BCUT2D eigenvalue weighted by molar-refractivity contribution is 7.54. The molecule has 2 aromatic rings. The fourth-order valence-corrected chi connectivity index (χ4v) is 6.63. The number of halogens is 1. The Labute approximate surface area is 223 Å². The second kappa shape index (κ2) is 13.5. The minimum Gasteiger partial charge on any atom is -1.00 e. The molecule has 2 unspecified atom stereocenters. The maximum absolute atomic E-state index is 14.0. The fourth-order valence-electron chi connectivity index (χ4n) is 3.95. The zero-order valence-corrected chi connectivity index (χ0v) is 25.3. The zero-order valence-electron chi connectivity index (χ0n) is 22.8. The van der Waals surface area contributed by atoms with Gasteiger partial charge in [0, 0.05) is 23.2 Å². The van der Waals surface area contributed by atoms with Crippen molar-refractivity contribution in [3.8, 4) is 0 Å². The summed E-state index contributed by atoms with van der Waals surface area (Å²) in [7, 11) is -3.50. The topological polar surface area (TPSA) is 51.9 Å². The summed E-state index contributed by atoms with van der Waals surface area (Å²) in [5.41, 5.74) is 1.41. The molecule has 8 heteroatoms. The Morgan fingerprint density at radius 1 is 0.914 bits per heavy atom. The highest BCUT2D eigenvalue weighted by atomic mass is 79.9. The van der Waals surface area contributed by atoms with Crippen molar-refractivity contribution < 1.29 is 40.0 Å². The largest absolute Gasteiger partial charge is 1.00 e. The van der Waals surface area contributed by atoms with Crippen LogP contribution in [-0.4, -0.2) is 29.6 Å². The van der Waals surface area contributed by atoms with E-state index in [0.29, 0.717) is 13.2 Å². The molecular formula is C27H44BrN2O4P. The zero-order chi connectivity index (χ0) is 25.6. The lowest BCUT2D eigenvalue weighted by Crippen LogP contribution is -3.00. The molecule has 0 fully saturated rings. The molecule has 35 heavy (non-hydrogen) atoms. The number of hydrogen-bond donors (Lipinski definition) is 0. The van der Waals surface area contributed by atoms with Crippen molar-refractivity contribution in [2.75, 3.05) is 13.2 Å². The van der Waals surface area contributed by atoms with E-state index in [4.69, 9.17) is 13.9 Å². The summed E-state index contributed by atoms with van der Waals surface area (Å²) in [5, 5.41) is 1.84. The van der Waals surface area contributed by atoms with Crippen LogP contribution in [-0.2, 0) is 25.0 Å². The van der Waals surface area contributed by atoms with Gasteiger partial charge in [-0.3, -0.25) is 9.40 Å². The van der Waals surface area contributed by atoms with Crippen molar-refractivity contribution in [3.63, 3.8) is 0 Å². The Bertz CT molecular complexity index is 917. The number of hydroxylamine groups is 2. The molecule has 0 saturated heterocycles. The molecule has 1 aromatic heterocycles. The van der Waals surface area contributed by atoms with Crippen LogP contribution >= 0.6 is 7.60 Å². The minimum atomic E-state index is -3.50. The summed E-state index contributed by atoms with van der Waals surface area (Å²) in [5.74, 6) is -0.589. The average molecular weight is 572 g/mol. The second-order valence-corrected chi connectivity index (χ2v) is 12.7. The maximum Gasteiger partial charge on any atom is 0.350 e. The molecule has 0 radical (unpaired) electrons. The van der Waals surface area contributed by atoms with Crippen molar-refractivity contribution in [2.24, 2.45) is 5.41 Å². The number of nitrogens with zero attached hydrogens (tertiary/aromatic N) is 2. The van der Waals surface area contributed by atoms with Crippen LogP contribution in [0, 0.1) is 5.41 Å². The molecule has 198 valence electrons. The van der Waals surface area contributed by atoms with Crippen molar-refractivity contribution in [2.45, 2.75) is 86.3 Å². The van der Waals surface area contributed by atoms with E-state index < -0.39 is 24.3 Å². The van der Waals surface area contributed by atoms with Gasteiger partial charge in [0.25, 0.3) is 0 Å². The summed E-state index contributed by atoms with van der Waals surface area (Å²) in [4.78, 5) is 6.58. The molecule has 0 bridgehead atoms. The first-order valence-electron chi connectivity index (χ1n) is 12.2. The van der Waals surface area contributed by atoms with E-state index in [-0.39, 0.29) is 23.1 Å². The molecule has 0 aliphatic rings. The van der Waals surface area contributed by atoms with Crippen LogP contribution in [0.15, 0.2) is 54.9 Å². The Morgan fingerprint density at radius 3 is 1.86 bits per heavy atom. The van der Waals surface area contributed by atoms with Crippen molar-refractivity contribution in [3.05, 3.63) is 66.0 Å². The van der Waals surface area contributed by atoms with Crippen LogP contribution in [0.5, 0.6) is 0 Å². The van der Waals surface area contributed by atoms with Gasteiger partial charge in [-0.1, -0.05) is 51.1 Å². The van der Waals surface area contributed by atoms with Crippen LogP contribution < -0.4 is 21.5 Å². The Morgan fingerprint density at radius 2 is 1.43 bits per heavy atom. The molecule has 1 aromatic carbocycles. The highest BCUT2D eigenvalue weighted by Gasteiger charge is 2.51. The van der Waals surface area contributed by atoms with Gasteiger partial charge < -0.3 is 26.0 Å². The molecule has 6 nitrogen and oxygen atoms in total. The Hall–Kier alpha value is -1.08. The summed E-state index contributed by atoms with van der Waals surface area (Å²) in [6, 6.07) is 14.5. The normalized spacial score (nSPS) is 14.5. The lowest BCUT2D eigenvalue weighted by molar-refractivity contribution is -0.688. The predicted molar refractivity (Wildman–Crippen MR) is 137 cm³/mol. The van der Waals surface area contributed by atoms with Crippen LogP contribution in [0.4, 0.5) is 0 Å². The smallest absolute Gasteiger partial charge is 0.350 e. The second-order valence-electron chi connectivity index (χ2n) is 10.6. The van der Waals surface area contributed by atoms with Crippen LogP contribution in [0.3, 0.4) is 0 Å². The Kier molecular flexibility index (Phi) is 12.3. The lowest BCUT2D eigenvalue weighted by Gasteiger charge is -2.48. The maximum atomic E-state index is 14.0. The number of benzene rings is 1. The van der Waals surface area contributed by atoms with Crippen LogP contribution in [0.2, 0.25) is 0 Å². The van der Waals surface area contributed by atoms with Crippen LogP contribution in [0.1, 0.15) is 79.5 Å². The molecule has 0 aliphatic carbocycles. The first-order valence-corrected chi connectivity index (χ1v) is 13.8. The molecule has 2 atom stereocenters. The SMILES string of the molecule is CCOP(=O)(OCC)C(N(OC(C)c1cc[n+](Cc2ccccc2)cc1)C(C)(C)C)C(C)(C)C.[Br-]. The third-order valence-electron chi connectivity index (χ3n) is 5.44. The third kappa shape index (κ3) is 9.07. The number of aromatic nitrogens is 1. The standard InChI is InChI=1S/C27H44N2O4P.BrH/c1-10-31-34(30,32-11-2)25(26(4,5)6)29(27(7,8)9)33-22(3)24-17-19-28(20-18-24)21-23-15-13-12-14-16-23;/h12-20,22,25H,10-11,21H2,1-9H3;1H/q+1;/p-1. The first-order chi connectivity index (χ1) is 15.8.